The number of hydrogen-bond donors (Lipinski definition) is 0. The van der Waals surface area contributed by atoms with Crippen molar-refractivity contribution < 1.29 is 14.3 Å². The minimum absolute atomic E-state index is 0.0885. The van der Waals surface area contributed by atoms with Gasteiger partial charge in [-0.1, -0.05) is 23.7 Å². The molecule has 0 aliphatic carbocycles. The molecule has 2 rings (SSSR count). The van der Waals surface area contributed by atoms with E-state index < -0.39 is 5.60 Å². The number of likely N-dealkylation sites (tertiary alicyclic amines) is 1. The highest BCUT2D eigenvalue weighted by Gasteiger charge is 2.38. The number of carbonyl (C=O) groups is 2. The molecule has 0 spiro atoms. The van der Waals surface area contributed by atoms with Gasteiger partial charge in [-0.3, -0.25) is 0 Å². The number of rotatable bonds is 4. The van der Waals surface area contributed by atoms with Crippen molar-refractivity contribution in [1.29, 1.82) is 0 Å². The van der Waals surface area contributed by atoms with Crippen LogP contribution in [0, 0.1) is 0 Å². The van der Waals surface area contributed by atoms with Crippen LogP contribution in [0.5, 0.6) is 0 Å². The molecule has 1 aromatic rings. The van der Waals surface area contributed by atoms with Gasteiger partial charge in [0, 0.05) is 24.5 Å². The maximum Gasteiger partial charge on any atom is 0.410 e. The molecule has 1 aliphatic heterocycles. The van der Waals surface area contributed by atoms with Crippen LogP contribution in [0.15, 0.2) is 24.3 Å². The fourth-order valence-electron chi connectivity index (χ4n) is 3.35. The van der Waals surface area contributed by atoms with Gasteiger partial charge < -0.3 is 14.4 Å². The van der Waals surface area contributed by atoms with Gasteiger partial charge in [0.1, 0.15) is 11.4 Å². The van der Waals surface area contributed by atoms with E-state index in [2.05, 4.69) is 0 Å². The Morgan fingerprint density at radius 1 is 1.16 bits per heavy atom. The summed E-state index contributed by atoms with van der Waals surface area (Å²) in [5, 5.41) is 0.705. The number of piperidine rings is 1. The van der Waals surface area contributed by atoms with Crippen LogP contribution in [-0.2, 0) is 14.9 Å². The number of carbonyl (C=O) groups excluding carboxylic acids is 2. The SMILES string of the molecule is CC(=O)CCC1(c2ccc(Cl)cc2)CCN(C(=O)OC(C)(C)C)CC1. The van der Waals surface area contributed by atoms with Gasteiger partial charge >= 0.3 is 6.09 Å². The number of Topliss-reactive ketones (excluding diaryl/α,β-unsaturated/α-hetero) is 1. The molecule has 0 bridgehead atoms. The summed E-state index contributed by atoms with van der Waals surface area (Å²) in [4.78, 5) is 25.6. The number of hydrogen-bond acceptors (Lipinski definition) is 3. The fraction of sp³-hybridized carbons (Fsp3) is 0.600. The van der Waals surface area contributed by atoms with Crippen molar-refractivity contribution in [1.82, 2.24) is 4.90 Å². The van der Waals surface area contributed by atoms with E-state index in [4.69, 9.17) is 16.3 Å². The van der Waals surface area contributed by atoms with E-state index in [1.165, 1.54) is 5.56 Å². The summed E-state index contributed by atoms with van der Waals surface area (Å²) in [5.41, 5.74) is 0.618. The summed E-state index contributed by atoms with van der Waals surface area (Å²) in [6.45, 7) is 8.52. The van der Waals surface area contributed by atoms with Crippen LogP contribution in [0.4, 0.5) is 4.79 Å². The standard InChI is InChI=1S/C20H28ClNO3/c1-15(23)9-10-20(16-5-7-17(21)8-6-16)11-13-22(14-12-20)18(24)25-19(2,3)4/h5-8H,9-14H2,1-4H3. The molecule has 0 unspecified atom stereocenters. The molecular weight excluding hydrogens is 338 g/mol. The smallest absolute Gasteiger partial charge is 0.410 e. The molecule has 1 aliphatic rings. The zero-order chi connectivity index (χ0) is 18.7. The van der Waals surface area contributed by atoms with E-state index >= 15 is 0 Å². The zero-order valence-corrected chi connectivity index (χ0v) is 16.4. The molecule has 0 aromatic heterocycles. The number of ether oxygens (including phenoxy) is 1. The van der Waals surface area contributed by atoms with Gasteiger partial charge in [-0.25, -0.2) is 4.79 Å². The first-order valence-electron chi connectivity index (χ1n) is 8.85. The second-order valence-corrected chi connectivity index (χ2v) is 8.39. The lowest BCUT2D eigenvalue weighted by Crippen LogP contribution is -2.47. The van der Waals surface area contributed by atoms with Crippen LogP contribution in [-0.4, -0.2) is 35.5 Å². The lowest BCUT2D eigenvalue weighted by atomic mass is 9.69. The van der Waals surface area contributed by atoms with Crippen LogP contribution in [0.1, 0.15) is 58.9 Å². The minimum atomic E-state index is -0.490. The van der Waals surface area contributed by atoms with Crippen molar-refractivity contribution in [2.24, 2.45) is 0 Å². The van der Waals surface area contributed by atoms with Gasteiger partial charge in [0.2, 0.25) is 0 Å². The molecule has 0 saturated carbocycles. The molecule has 138 valence electrons. The third-order valence-electron chi connectivity index (χ3n) is 4.78. The second kappa shape index (κ2) is 7.77. The predicted octanol–water partition coefficient (Wildman–Crippen LogP) is 4.98. The third-order valence-corrected chi connectivity index (χ3v) is 5.04. The van der Waals surface area contributed by atoms with E-state index in [0.717, 1.165) is 19.3 Å². The van der Waals surface area contributed by atoms with Crippen LogP contribution < -0.4 is 0 Å². The molecule has 0 N–H and O–H groups in total. The summed E-state index contributed by atoms with van der Waals surface area (Å²) in [7, 11) is 0. The van der Waals surface area contributed by atoms with E-state index in [0.29, 0.717) is 24.5 Å². The molecule has 1 heterocycles. The molecule has 1 fully saturated rings. The molecule has 1 aromatic carbocycles. The van der Waals surface area contributed by atoms with Crippen LogP contribution in [0.3, 0.4) is 0 Å². The van der Waals surface area contributed by atoms with E-state index in [-0.39, 0.29) is 17.3 Å². The summed E-state index contributed by atoms with van der Waals surface area (Å²) in [6.07, 6.45) is 2.73. The van der Waals surface area contributed by atoms with Crippen molar-refractivity contribution in [3.63, 3.8) is 0 Å². The highest BCUT2D eigenvalue weighted by Crippen LogP contribution is 2.40. The summed E-state index contributed by atoms with van der Waals surface area (Å²) in [6, 6.07) is 7.89. The van der Waals surface area contributed by atoms with Crippen molar-refractivity contribution in [3.05, 3.63) is 34.9 Å². The number of benzene rings is 1. The molecule has 1 amide bonds. The quantitative estimate of drug-likeness (QED) is 0.756. The first-order valence-corrected chi connectivity index (χ1v) is 9.23. The highest BCUT2D eigenvalue weighted by molar-refractivity contribution is 6.30. The van der Waals surface area contributed by atoms with Gasteiger partial charge in [0.15, 0.2) is 0 Å². The molecule has 1 saturated heterocycles. The Labute approximate surface area is 155 Å². The van der Waals surface area contributed by atoms with Gasteiger partial charge in [-0.2, -0.15) is 0 Å². The van der Waals surface area contributed by atoms with Gasteiger partial charge in [-0.15, -0.1) is 0 Å². The molecule has 0 radical (unpaired) electrons. The summed E-state index contributed by atoms with van der Waals surface area (Å²) in [5.74, 6) is 0.197. The van der Waals surface area contributed by atoms with Crippen molar-refractivity contribution in [2.75, 3.05) is 13.1 Å². The normalized spacial score (nSPS) is 17.2. The average Bonchev–Trinajstić information content (AvgIpc) is 2.52. The Balaban J connectivity index is 2.13. The first kappa shape index (κ1) is 19.8. The van der Waals surface area contributed by atoms with Gasteiger partial charge in [0.25, 0.3) is 0 Å². The van der Waals surface area contributed by atoms with Crippen LogP contribution in [0.2, 0.25) is 5.02 Å². The number of amides is 1. The Morgan fingerprint density at radius 2 is 1.72 bits per heavy atom. The maximum absolute atomic E-state index is 12.3. The Morgan fingerprint density at radius 3 is 2.20 bits per heavy atom. The molecule has 25 heavy (non-hydrogen) atoms. The third kappa shape index (κ3) is 5.46. The molecule has 5 heteroatoms. The number of halogens is 1. The summed E-state index contributed by atoms with van der Waals surface area (Å²) >= 11 is 6.03. The Kier molecular flexibility index (Phi) is 6.15. The summed E-state index contributed by atoms with van der Waals surface area (Å²) < 4.78 is 5.48. The molecule has 4 nitrogen and oxygen atoms in total. The van der Waals surface area contributed by atoms with E-state index in [1.807, 2.05) is 45.0 Å². The number of ketones is 1. The topological polar surface area (TPSA) is 46.6 Å². The van der Waals surface area contributed by atoms with Gasteiger partial charge in [-0.05, 0) is 70.1 Å². The monoisotopic (exact) mass is 365 g/mol. The van der Waals surface area contributed by atoms with Gasteiger partial charge in [0.05, 0.1) is 0 Å². The molecule has 0 atom stereocenters. The van der Waals surface area contributed by atoms with E-state index in [9.17, 15) is 9.59 Å². The Bertz CT molecular complexity index is 611. The lowest BCUT2D eigenvalue weighted by molar-refractivity contribution is -0.117. The molecular formula is C20H28ClNO3. The maximum atomic E-state index is 12.3. The predicted molar refractivity (Wildman–Crippen MR) is 100 cm³/mol. The van der Waals surface area contributed by atoms with Crippen molar-refractivity contribution in [2.45, 2.75) is 64.4 Å². The Hall–Kier alpha value is -1.55. The minimum Gasteiger partial charge on any atom is -0.444 e. The number of nitrogens with zero attached hydrogens (tertiary/aromatic N) is 1. The average molecular weight is 366 g/mol. The van der Waals surface area contributed by atoms with Crippen molar-refractivity contribution in [3.8, 4) is 0 Å². The van der Waals surface area contributed by atoms with E-state index in [1.54, 1.807) is 11.8 Å². The van der Waals surface area contributed by atoms with Crippen LogP contribution >= 0.6 is 11.6 Å². The van der Waals surface area contributed by atoms with Crippen LogP contribution in [0.25, 0.3) is 0 Å². The highest BCUT2D eigenvalue weighted by atomic mass is 35.5. The van der Waals surface area contributed by atoms with Crippen molar-refractivity contribution >= 4 is 23.5 Å². The second-order valence-electron chi connectivity index (χ2n) is 7.96. The largest absolute Gasteiger partial charge is 0.444 e. The fourth-order valence-corrected chi connectivity index (χ4v) is 3.47. The lowest BCUT2D eigenvalue weighted by Gasteiger charge is -2.42. The first-order chi connectivity index (χ1) is 11.6. The zero-order valence-electron chi connectivity index (χ0n) is 15.6.